The van der Waals surface area contributed by atoms with Crippen LogP contribution in [-0.4, -0.2) is 52.8 Å². The summed E-state index contributed by atoms with van der Waals surface area (Å²) in [5.74, 6) is 0.0123. The van der Waals surface area contributed by atoms with Crippen molar-refractivity contribution in [3.05, 3.63) is 0 Å². The summed E-state index contributed by atoms with van der Waals surface area (Å²) in [6.07, 6.45) is 2.49. The third-order valence-electron chi connectivity index (χ3n) is 3.15. The van der Waals surface area contributed by atoms with Gasteiger partial charge in [-0.05, 0) is 18.8 Å². The highest BCUT2D eigenvalue weighted by molar-refractivity contribution is 8.00. The normalized spacial score (nSPS) is 28.4. The Hall–Kier alpha value is -0.750. The van der Waals surface area contributed by atoms with Gasteiger partial charge in [0.2, 0.25) is 5.91 Å². The molecule has 1 heterocycles. The van der Waals surface area contributed by atoms with Crippen LogP contribution in [0.15, 0.2) is 0 Å². The summed E-state index contributed by atoms with van der Waals surface area (Å²) in [6.45, 7) is 0.351. The van der Waals surface area contributed by atoms with E-state index in [0.717, 1.165) is 12.8 Å². The van der Waals surface area contributed by atoms with Crippen LogP contribution in [0.5, 0.6) is 0 Å². The number of carboxylic acids is 1. The van der Waals surface area contributed by atoms with Gasteiger partial charge in [-0.3, -0.25) is 4.79 Å². The van der Waals surface area contributed by atoms with Crippen LogP contribution in [0.4, 0.5) is 0 Å². The van der Waals surface area contributed by atoms with Gasteiger partial charge < -0.3 is 14.7 Å². The second-order valence-corrected chi connectivity index (χ2v) is 5.61. The lowest BCUT2D eigenvalue weighted by Gasteiger charge is -2.27. The lowest BCUT2D eigenvalue weighted by atomic mass is 10.2. The summed E-state index contributed by atoms with van der Waals surface area (Å²) >= 11 is 1.60. The van der Waals surface area contributed by atoms with Crippen molar-refractivity contribution in [2.24, 2.45) is 5.92 Å². The standard InChI is InChI=1S/C11H17NO4S/c1-16-5-4-9(13)12-8(11(14)15)6-17-10(12)7-2-3-7/h7-8,10H,2-6H2,1H3,(H,14,15). The first-order valence-electron chi connectivity index (χ1n) is 5.79. The number of nitrogens with zero attached hydrogens (tertiary/aromatic N) is 1. The molecular weight excluding hydrogens is 242 g/mol. The van der Waals surface area contributed by atoms with Crippen molar-refractivity contribution in [3.63, 3.8) is 0 Å². The number of methoxy groups -OCH3 is 1. The molecular formula is C11H17NO4S. The van der Waals surface area contributed by atoms with Gasteiger partial charge in [0, 0.05) is 12.9 Å². The first-order valence-corrected chi connectivity index (χ1v) is 6.84. The third kappa shape index (κ3) is 2.74. The molecule has 1 saturated heterocycles. The minimum Gasteiger partial charge on any atom is -0.480 e. The molecule has 1 N–H and O–H groups in total. The molecule has 96 valence electrons. The van der Waals surface area contributed by atoms with Crippen molar-refractivity contribution < 1.29 is 19.4 Å². The smallest absolute Gasteiger partial charge is 0.327 e. The number of carbonyl (C=O) groups excluding carboxylic acids is 1. The maximum absolute atomic E-state index is 12.0. The highest BCUT2D eigenvalue weighted by atomic mass is 32.2. The zero-order chi connectivity index (χ0) is 12.4. The molecule has 2 aliphatic rings. The minimum absolute atomic E-state index is 0.0699. The average molecular weight is 259 g/mol. The van der Waals surface area contributed by atoms with Crippen molar-refractivity contribution in [2.75, 3.05) is 19.5 Å². The molecule has 1 aliphatic heterocycles. The highest BCUT2D eigenvalue weighted by Crippen LogP contribution is 2.45. The maximum Gasteiger partial charge on any atom is 0.327 e. The first-order chi connectivity index (χ1) is 8.15. The maximum atomic E-state index is 12.0. The molecule has 5 nitrogen and oxygen atoms in total. The van der Waals surface area contributed by atoms with Gasteiger partial charge in [0.15, 0.2) is 0 Å². The van der Waals surface area contributed by atoms with Crippen LogP contribution in [-0.2, 0) is 14.3 Å². The fourth-order valence-corrected chi connectivity index (χ4v) is 3.75. The molecule has 6 heteroatoms. The Morgan fingerprint density at radius 3 is 2.71 bits per heavy atom. The number of amides is 1. The van der Waals surface area contributed by atoms with Gasteiger partial charge >= 0.3 is 5.97 Å². The molecule has 0 aromatic carbocycles. The molecule has 0 bridgehead atoms. The van der Waals surface area contributed by atoms with Gasteiger partial charge in [-0.1, -0.05) is 0 Å². The molecule has 2 unspecified atom stereocenters. The van der Waals surface area contributed by atoms with E-state index in [2.05, 4.69) is 0 Å². The summed E-state index contributed by atoms with van der Waals surface area (Å²) in [5.41, 5.74) is 0. The van der Waals surface area contributed by atoms with E-state index in [0.29, 0.717) is 18.3 Å². The predicted octanol–water partition coefficient (Wildman–Crippen LogP) is 0.788. The molecule has 2 fully saturated rings. The molecule has 0 radical (unpaired) electrons. The fourth-order valence-electron chi connectivity index (χ4n) is 2.10. The van der Waals surface area contributed by atoms with Crippen LogP contribution in [0.1, 0.15) is 19.3 Å². The zero-order valence-corrected chi connectivity index (χ0v) is 10.6. The van der Waals surface area contributed by atoms with Crippen LogP contribution in [0.2, 0.25) is 0 Å². The zero-order valence-electron chi connectivity index (χ0n) is 9.80. The van der Waals surface area contributed by atoms with E-state index in [9.17, 15) is 9.59 Å². The number of hydrogen-bond acceptors (Lipinski definition) is 4. The topological polar surface area (TPSA) is 66.8 Å². The lowest BCUT2D eigenvalue weighted by molar-refractivity contribution is -0.149. The second-order valence-electron chi connectivity index (χ2n) is 4.46. The van der Waals surface area contributed by atoms with Crippen LogP contribution in [0.3, 0.4) is 0 Å². The number of carboxylic acid groups (broad SMARTS) is 1. The minimum atomic E-state index is -0.897. The van der Waals surface area contributed by atoms with Gasteiger partial charge in [-0.25, -0.2) is 4.79 Å². The number of ether oxygens (including phenoxy) is 1. The number of rotatable bonds is 5. The summed E-state index contributed by atoms with van der Waals surface area (Å²) in [6, 6.07) is -0.657. The van der Waals surface area contributed by atoms with E-state index in [1.807, 2.05) is 0 Å². The highest BCUT2D eigenvalue weighted by Gasteiger charge is 2.47. The molecule has 0 aromatic heterocycles. The Morgan fingerprint density at radius 1 is 1.47 bits per heavy atom. The number of hydrogen-bond donors (Lipinski definition) is 1. The molecule has 1 aliphatic carbocycles. The number of aliphatic carboxylic acids is 1. The number of carbonyl (C=O) groups is 2. The molecule has 1 amide bonds. The summed E-state index contributed by atoms with van der Waals surface area (Å²) < 4.78 is 4.88. The fraction of sp³-hybridized carbons (Fsp3) is 0.818. The van der Waals surface area contributed by atoms with Gasteiger partial charge in [0.1, 0.15) is 6.04 Å². The Kier molecular flexibility index (Phi) is 3.93. The second kappa shape index (κ2) is 5.27. The quantitative estimate of drug-likeness (QED) is 0.790. The average Bonchev–Trinajstić information content (AvgIpc) is 3.04. The van der Waals surface area contributed by atoms with Crippen LogP contribution in [0, 0.1) is 5.92 Å². The number of thioether (sulfide) groups is 1. The SMILES string of the molecule is COCCC(=O)N1C(C(=O)O)CSC1C1CC1. The van der Waals surface area contributed by atoms with Crippen molar-refractivity contribution in [3.8, 4) is 0 Å². The van der Waals surface area contributed by atoms with E-state index in [-0.39, 0.29) is 17.7 Å². The Bertz CT molecular complexity index is 319. The van der Waals surface area contributed by atoms with E-state index >= 15 is 0 Å². The first kappa shape index (κ1) is 12.7. The summed E-state index contributed by atoms with van der Waals surface area (Å²) in [5, 5.41) is 9.21. The van der Waals surface area contributed by atoms with Gasteiger partial charge in [0.25, 0.3) is 0 Å². The molecule has 0 spiro atoms. The lowest BCUT2D eigenvalue weighted by Crippen LogP contribution is -2.46. The molecule has 2 atom stereocenters. The van der Waals surface area contributed by atoms with E-state index in [1.54, 1.807) is 23.8 Å². The van der Waals surface area contributed by atoms with Crippen LogP contribution in [0.25, 0.3) is 0 Å². The Balaban J connectivity index is 2.05. The van der Waals surface area contributed by atoms with E-state index < -0.39 is 12.0 Å². The van der Waals surface area contributed by atoms with Gasteiger partial charge in [0.05, 0.1) is 18.4 Å². The largest absolute Gasteiger partial charge is 0.480 e. The van der Waals surface area contributed by atoms with Crippen LogP contribution < -0.4 is 0 Å². The predicted molar refractivity (Wildman–Crippen MR) is 63.7 cm³/mol. The van der Waals surface area contributed by atoms with Gasteiger partial charge in [-0.15, -0.1) is 11.8 Å². The van der Waals surface area contributed by atoms with E-state index in [1.165, 1.54) is 0 Å². The van der Waals surface area contributed by atoms with Crippen LogP contribution >= 0.6 is 11.8 Å². The summed E-state index contributed by atoms with van der Waals surface area (Å²) in [7, 11) is 1.54. The van der Waals surface area contributed by atoms with Crippen molar-refractivity contribution >= 4 is 23.6 Å². The Labute approximate surface area is 104 Å². The van der Waals surface area contributed by atoms with Crippen molar-refractivity contribution in [2.45, 2.75) is 30.7 Å². The van der Waals surface area contributed by atoms with E-state index in [4.69, 9.17) is 9.84 Å². The summed E-state index contributed by atoms with van der Waals surface area (Å²) in [4.78, 5) is 24.7. The van der Waals surface area contributed by atoms with Gasteiger partial charge in [-0.2, -0.15) is 0 Å². The van der Waals surface area contributed by atoms with Crippen molar-refractivity contribution in [1.29, 1.82) is 0 Å². The molecule has 2 rings (SSSR count). The molecule has 1 saturated carbocycles. The monoisotopic (exact) mass is 259 g/mol. The van der Waals surface area contributed by atoms with Crippen molar-refractivity contribution in [1.82, 2.24) is 4.90 Å². The third-order valence-corrected chi connectivity index (χ3v) is 4.61. The Morgan fingerprint density at radius 2 is 2.18 bits per heavy atom. The molecule has 0 aromatic rings. The molecule has 17 heavy (non-hydrogen) atoms.